The Morgan fingerprint density at radius 2 is 0.716 bits per heavy atom. The van der Waals surface area contributed by atoms with Crippen LogP contribution in [-0.2, 0) is 6.42 Å². The number of para-hydroxylation sites is 2. The summed E-state index contributed by atoms with van der Waals surface area (Å²) in [6, 6.07) is 88.2. The van der Waals surface area contributed by atoms with Crippen LogP contribution in [0.15, 0.2) is 270 Å². The lowest BCUT2D eigenvalue weighted by Gasteiger charge is -2.11. The first-order chi connectivity index (χ1) is 43.2. The molecule has 0 atom stereocenters. The van der Waals surface area contributed by atoms with Gasteiger partial charge in [0.25, 0.3) is 0 Å². The van der Waals surface area contributed by atoms with Gasteiger partial charge in [-0.3, -0.25) is 0 Å². The van der Waals surface area contributed by atoms with E-state index < -0.39 is 7.12 Å². The first-order valence-electron chi connectivity index (χ1n) is 28.6. The summed E-state index contributed by atoms with van der Waals surface area (Å²) in [5, 5.41) is 27.8. The first-order valence-corrected chi connectivity index (χ1v) is 29.4. The molecule has 0 radical (unpaired) electrons. The van der Waals surface area contributed by atoms with Crippen molar-refractivity contribution in [3.05, 3.63) is 283 Å². The van der Waals surface area contributed by atoms with Crippen LogP contribution in [0.3, 0.4) is 0 Å². The van der Waals surface area contributed by atoms with Crippen molar-refractivity contribution in [3.8, 4) is 78.9 Å². The van der Waals surface area contributed by atoms with Gasteiger partial charge in [-0.1, -0.05) is 224 Å². The van der Waals surface area contributed by atoms with Crippen LogP contribution in [0.5, 0.6) is 0 Å². The SMILES string of the molecule is Clc1nc(Cl)nc(-c2ccc(-c3ccc4ccccc4c3)cc2)n1.OB(O)c1cccc2c1-c1ccccc1C2.c1ccc2cc(-c3ccc(-c4nc(-c5cccc6oc7ccccc7c56)nc(-c5cccc6oc7ccccc7c56)n4)cc3)ccc2c1. The van der Waals surface area contributed by atoms with Crippen LogP contribution in [0.25, 0.3) is 144 Å². The average molecular weight is 1180 g/mol. The largest absolute Gasteiger partial charge is 0.489 e. The summed E-state index contributed by atoms with van der Waals surface area (Å²) in [6.45, 7) is 0. The third-order valence-electron chi connectivity index (χ3n) is 16.1. The zero-order valence-electron chi connectivity index (χ0n) is 46.8. The van der Waals surface area contributed by atoms with Gasteiger partial charge in [0.05, 0.1) is 0 Å². The van der Waals surface area contributed by atoms with E-state index in [1.807, 2.05) is 127 Å². The van der Waals surface area contributed by atoms with Crippen LogP contribution in [0.2, 0.25) is 10.6 Å². The molecule has 0 spiro atoms. The van der Waals surface area contributed by atoms with Gasteiger partial charge in [-0.25, -0.2) is 15.0 Å². The second-order valence-electron chi connectivity index (χ2n) is 21.4. The number of rotatable bonds is 7. The van der Waals surface area contributed by atoms with Crippen molar-refractivity contribution in [2.75, 3.05) is 0 Å². The highest BCUT2D eigenvalue weighted by atomic mass is 35.5. The molecule has 10 nitrogen and oxygen atoms in total. The third kappa shape index (κ3) is 10.4. The molecule has 0 unspecified atom stereocenters. The van der Waals surface area contributed by atoms with Gasteiger partial charge in [0.15, 0.2) is 23.3 Å². The molecule has 88 heavy (non-hydrogen) atoms. The molecule has 1 aliphatic carbocycles. The summed E-state index contributed by atoms with van der Waals surface area (Å²) >= 11 is 11.7. The minimum absolute atomic E-state index is 0.0867. The van der Waals surface area contributed by atoms with Crippen molar-refractivity contribution in [2.24, 2.45) is 0 Å². The molecule has 13 heteroatoms. The molecule has 0 amide bonds. The van der Waals surface area contributed by atoms with Crippen LogP contribution < -0.4 is 5.46 Å². The molecule has 17 rings (SSSR count). The van der Waals surface area contributed by atoms with Crippen LogP contribution >= 0.6 is 23.2 Å². The second-order valence-corrected chi connectivity index (χ2v) is 22.1. The minimum Gasteiger partial charge on any atom is -0.456 e. The van der Waals surface area contributed by atoms with E-state index in [1.165, 1.54) is 32.7 Å². The van der Waals surface area contributed by atoms with E-state index in [2.05, 4.69) is 142 Å². The predicted molar refractivity (Wildman–Crippen MR) is 356 cm³/mol. The summed E-state index contributed by atoms with van der Waals surface area (Å²) in [5.74, 6) is 2.21. The molecule has 0 fully saturated rings. The molecule has 0 saturated heterocycles. The maximum Gasteiger partial charge on any atom is 0.489 e. The normalized spacial score (nSPS) is 11.6. The summed E-state index contributed by atoms with van der Waals surface area (Å²) in [7, 11) is -1.40. The second kappa shape index (κ2) is 23.0. The number of nitrogens with zero attached hydrogens (tertiary/aromatic N) is 6. The van der Waals surface area contributed by atoms with E-state index in [-0.39, 0.29) is 10.6 Å². The monoisotopic (exact) mass is 1180 g/mol. The van der Waals surface area contributed by atoms with E-state index >= 15 is 0 Å². The fourth-order valence-corrected chi connectivity index (χ4v) is 12.3. The van der Waals surface area contributed by atoms with Crippen molar-refractivity contribution in [1.29, 1.82) is 0 Å². The Balaban J connectivity index is 0.000000134. The fourth-order valence-electron chi connectivity index (χ4n) is 11.9. The highest BCUT2D eigenvalue weighted by Gasteiger charge is 2.26. The molecule has 4 aromatic heterocycles. The van der Waals surface area contributed by atoms with E-state index in [4.69, 9.17) is 47.0 Å². The molecular formula is C75H47BCl2N6O4. The zero-order valence-corrected chi connectivity index (χ0v) is 48.3. The molecule has 1 aliphatic rings. The van der Waals surface area contributed by atoms with Crippen LogP contribution in [0, 0.1) is 0 Å². The first kappa shape index (κ1) is 54.0. The van der Waals surface area contributed by atoms with Gasteiger partial charge in [-0.15, -0.1) is 0 Å². The number of furan rings is 2. The highest BCUT2D eigenvalue weighted by Crippen LogP contribution is 2.40. The van der Waals surface area contributed by atoms with Gasteiger partial charge < -0.3 is 18.9 Å². The molecule has 12 aromatic carbocycles. The maximum atomic E-state index is 9.37. The average Bonchev–Trinajstić information content (AvgIpc) is 2.83. The van der Waals surface area contributed by atoms with Crippen LogP contribution in [0.1, 0.15) is 11.1 Å². The molecule has 4 heterocycles. The van der Waals surface area contributed by atoms with Crippen molar-refractivity contribution < 1.29 is 18.9 Å². The fraction of sp³-hybridized carbons (Fsp3) is 0.0133. The van der Waals surface area contributed by atoms with Crippen molar-refractivity contribution in [2.45, 2.75) is 6.42 Å². The van der Waals surface area contributed by atoms with Gasteiger partial charge in [0.1, 0.15) is 22.3 Å². The third-order valence-corrected chi connectivity index (χ3v) is 16.4. The smallest absolute Gasteiger partial charge is 0.456 e. The number of aromatic nitrogens is 6. The molecular weight excluding hydrogens is 1130 g/mol. The lowest BCUT2D eigenvalue weighted by Crippen LogP contribution is -2.31. The lowest BCUT2D eigenvalue weighted by atomic mass is 9.75. The highest BCUT2D eigenvalue weighted by molar-refractivity contribution is 6.60. The molecule has 2 N–H and O–H groups in total. The van der Waals surface area contributed by atoms with E-state index in [0.29, 0.717) is 28.8 Å². The van der Waals surface area contributed by atoms with Gasteiger partial charge in [0.2, 0.25) is 10.6 Å². The van der Waals surface area contributed by atoms with E-state index in [9.17, 15) is 10.0 Å². The summed E-state index contributed by atoms with van der Waals surface area (Å²) in [4.78, 5) is 27.4. The van der Waals surface area contributed by atoms with Gasteiger partial charge in [-0.2, -0.15) is 15.0 Å². The quantitative estimate of drug-likeness (QED) is 0.148. The van der Waals surface area contributed by atoms with Gasteiger partial charge in [0, 0.05) is 43.8 Å². The van der Waals surface area contributed by atoms with Crippen LogP contribution in [0.4, 0.5) is 0 Å². The summed E-state index contributed by atoms with van der Waals surface area (Å²) in [5.41, 5.74) is 16.5. The van der Waals surface area contributed by atoms with Crippen LogP contribution in [-0.4, -0.2) is 47.1 Å². The Hall–Kier alpha value is -10.7. The number of hydrogen-bond donors (Lipinski definition) is 2. The standard InChI is InChI=1S/C43H25N3O2.C19H11Cl2N3.C13H11BO2/c1-2-10-29-25-30(24-21-26(29)9-1)27-19-22-28(23-20-27)41-44-42(33-13-7-17-37-39(33)31-11-3-5-15-35(31)47-37)46-43(45-41)34-14-8-18-38-40(34)32-12-4-6-16-36(32)48-38;20-18-22-17(23-19(21)24-18)14-8-5-13(6-9-14)16-10-7-12-3-1-2-4-15(12)11-16;15-14(16)12-7-3-5-10-8-9-4-1-2-6-11(9)13(10)12/h1-25H;1-11H;1-7,15-16H,8H2. The predicted octanol–water partition coefficient (Wildman–Crippen LogP) is 18.1. The molecule has 0 saturated carbocycles. The molecule has 0 aliphatic heterocycles. The Kier molecular flexibility index (Phi) is 14.1. The van der Waals surface area contributed by atoms with Crippen molar-refractivity contribution in [1.82, 2.24) is 29.9 Å². The summed E-state index contributed by atoms with van der Waals surface area (Å²) < 4.78 is 12.5. The maximum absolute atomic E-state index is 9.37. The topological polar surface area (TPSA) is 144 Å². The lowest BCUT2D eigenvalue weighted by molar-refractivity contribution is 0.426. The Morgan fingerprint density at radius 1 is 0.318 bits per heavy atom. The van der Waals surface area contributed by atoms with Gasteiger partial charge >= 0.3 is 7.12 Å². The molecule has 0 bridgehead atoms. The number of benzene rings is 12. The number of halogens is 2. The van der Waals surface area contributed by atoms with Crippen molar-refractivity contribution >= 4 is 101 Å². The summed E-state index contributed by atoms with van der Waals surface area (Å²) in [6.07, 6.45) is 0.881. The zero-order chi connectivity index (χ0) is 59.2. The Labute approximate surface area is 514 Å². The number of hydrogen-bond acceptors (Lipinski definition) is 10. The van der Waals surface area contributed by atoms with Gasteiger partial charge in [-0.05, 0) is 138 Å². The minimum atomic E-state index is -1.40. The van der Waals surface area contributed by atoms with E-state index in [0.717, 1.165) is 106 Å². The van der Waals surface area contributed by atoms with Crippen molar-refractivity contribution in [3.63, 3.8) is 0 Å². The molecule has 16 aromatic rings. The Bertz CT molecular complexity index is 5190. The molecule has 418 valence electrons. The van der Waals surface area contributed by atoms with E-state index in [1.54, 1.807) is 6.07 Å². The number of fused-ring (bicyclic) bond motifs is 11. The Morgan fingerprint density at radius 3 is 1.25 bits per heavy atom.